The van der Waals surface area contributed by atoms with Crippen LogP contribution >= 0.6 is 0 Å². The fourth-order valence-corrected chi connectivity index (χ4v) is 3.24. The molecule has 0 amide bonds. The molecule has 0 spiro atoms. The highest BCUT2D eigenvalue weighted by atomic mass is 19.1. The lowest BCUT2D eigenvalue weighted by Gasteiger charge is -2.46. The van der Waals surface area contributed by atoms with Crippen molar-refractivity contribution in [2.75, 3.05) is 6.61 Å². The van der Waals surface area contributed by atoms with Crippen molar-refractivity contribution in [3.05, 3.63) is 35.6 Å². The molecule has 1 aromatic rings. The van der Waals surface area contributed by atoms with Gasteiger partial charge < -0.3 is 9.84 Å². The highest BCUT2D eigenvalue weighted by molar-refractivity contribution is 5.18. The molecule has 0 saturated heterocycles. The molecule has 0 radical (unpaired) electrons. The zero-order valence-corrected chi connectivity index (χ0v) is 13.4. The summed E-state index contributed by atoms with van der Waals surface area (Å²) in [6.45, 7) is 7.14. The van der Waals surface area contributed by atoms with Gasteiger partial charge in [-0.25, -0.2) is 4.39 Å². The summed E-state index contributed by atoms with van der Waals surface area (Å²) >= 11 is 0. The van der Waals surface area contributed by atoms with Gasteiger partial charge in [0.05, 0.1) is 11.7 Å². The molecule has 118 valence electrons. The number of hydrogen-bond acceptors (Lipinski definition) is 2. The van der Waals surface area contributed by atoms with Gasteiger partial charge in [0.25, 0.3) is 0 Å². The minimum atomic E-state index is -0.543. The smallest absolute Gasteiger partial charge is 0.123 e. The summed E-state index contributed by atoms with van der Waals surface area (Å²) in [5.74, 6) is -0.243. The summed E-state index contributed by atoms with van der Waals surface area (Å²) in [7, 11) is 0. The van der Waals surface area contributed by atoms with Crippen LogP contribution in [-0.4, -0.2) is 23.4 Å². The molecule has 0 heterocycles. The lowest BCUT2D eigenvalue weighted by molar-refractivity contribution is -0.150. The Kier molecular flexibility index (Phi) is 5.05. The normalized spacial score (nSPS) is 22.0. The molecule has 0 aromatic heterocycles. The number of aliphatic hydroxyl groups excluding tert-OH is 1. The zero-order chi connectivity index (χ0) is 15.5. The van der Waals surface area contributed by atoms with E-state index < -0.39 is 11.7 Å². The first kappa shape index (κ1) is 16.4. The van der Waals surface area contributed by atoms with Crippen LogP contribution in [0.5, 0.6) is 0 Å². The quantitative estimate of drug-likeness (QED) is 0.885. The van der Waals surface area contributed by atoms with Gasteiger partial charge in [0.1, 0.15) is 5.82 Å². The van der Waals surface area contributed by atoms with Gasteiger partial charge in [-0.05, 0) is 55.7 Å². The average Bonchev–Trinajstić information content (AvgIpc) is 2.44. The molecule has 21 heavy (non-hydrogen) atoms. The van der Waals surface area contributed by atoms with Gasteiger partial charge in [0.15, 0.2) is 0 Å². The minimum absolute atomic E-state index is 0.243. The SMILES string of the molecule is CCOC1(C(O)Cc2ccc(F)cc2)CCC(C)(C)CC1. The van der Waals surface area contributed by atoms with E-state index in [0.29, 0.717) is 18.4 Å². The topological polar surface area (TPSA) is 29.5 Å². The fourth-order valence-electron chi connectivity index (χ4n) is 3.24. The molecule has 1 N–H and O–H groups in total. The molecular weight excluding hydrogens is 267 g/mol. The first-order valence-electron chi connectivity index (χ1n) is 7.93. The molecule has 1 unspecified atom stereocenters. The van der Waals surface area contributed by atoms with E-state index in [1.165, 1.54) is 12.1 Å². The fraction of sp³-hybridized carbons (Fsp3) is 0.667. The standard InChI is InChI=1S/C18H27FO2/c1-4-21-18(11-9-17(2,3)10-12-18)16(20)13-14-5-7-15(19)8-6-14/h5-8,16,20H,4,9-13H2,1-3H3. The van der Waals surface area contributed by atoms with E-state index >= 15 is 0 Å². The molecule has 1 saturated carbocycles. The third-order valence-corrected chi connectivity index (χ3v) is 4.83. The van der Waals surface area contributed by atoms with Crippen LogP contribution in [0.3, 0.4) is 0 Å². The number of benzene rings is 1. The van der Waals surface area contributed by atoms with Crippen molar-refractivity contribution in [3.8, 4) is 0 Å². The molecule has 3 heteroatoms. The van der Waals surface area contributed by atoms with Gasteiger partial charge in [0.2, 0.25) is 0 Å². The van der Waals surface area contributed by atoms with E-state index in [4.69, 9.17) is 4.74 Å². The number of rotatable bonds is 5. The molecular formula is C18H27FO2. The van der Waals surface area contributed by atoms with Crippen LogP contribution in [0.25, 0.3) is 0 Å². The van der Waals surface area contributed by atoms with Gasteiger partial charge in [0, 0.05) is 13.0 Å². The number of ether oxygens (including phenoxy) is 1. The Labute approximate surface area is 127 Å². The minimum Gasteiger partial charge on any atom is -0.390 e. The second-order valence-corrected chi connectivity index (χ2v) is 7.01. The van der Waals surface area contributed by atoms with E-state index in [0.717, 1.165) is 31.2 Å². The molecule has 2 rings (SSSR count). The number of hydrogen-bond donors (Lipinski definition) is 1. The Morgan fingerprint density at radius 2 is 1.71 bits per heavy atom. The monoisotopic (exact) mass is 294 g/mol. The second kappa shape index (κ2) is 6.45. The summed E-state index contributed by atoms with van der Waals surface area (Å²) in [6.07, 6.45) is 3.87. The first-order valence-corrected chi connectivity index (χ1v) is 7.93. The van der Waals surface area contributed by atoms with Crippen molar-refractivity contribution in [3.63, 3.8) is 0 Å². The second-order valence-electron chi connectivity index (χ2n) is 7.01. The highest BCUT2D eigenvalue weighted by Crippen LogP contribution is 2.44. The summed E-state index contributed by atoms with van der Waals surface area (Å²) < 4.78 is 19.0. The maximum Gasteiger partial charge on any atom is 0.123 e. The van der Waals surface area contributed by atoms with Crippen molar-refractivity contribution in [2.45, 2.75) is 64.6 Å². The molecule has 1 fully saturated rings. The van der Waals surface area contributed by atoms with Gasteiger partial charge in [-0.15, -0.1) is 0 Å². The summed E-state index contributed by atoms with van der Waals surface area (Å²) in [4.78, 5) is 0. The Balaban J connectivity index is 2.08. The first-order chi connectivity index (χ1) is 9.87. The molecule has 0 bridgehead atoms. The average molecular weight is 294 g/mol. The van der Waals surface area contributed by atoms with Crippen LogP contribution in [0.4, 0.5) is 4.39 Å². The van der Waals surface area contributed by atoms with Crippen LogP contribution in [0.15, 0.2) is 24.3 Å². The lowest BCUT2D eigenvalue weighted by atomic mass is 9.68. The molecule has 1 aromatic carbocycles. The molecule has 1 atom stereocenters. The largest absolute Gasteiger partial charge is 0.390 e. The van der Waals surface area contributed by atoms with E-state index in [2.05, 4.69) is 13.8 Å². The van der Waals surface area contributed by atoms with Crippen LogP contribution in [0.1, 0.15) is 52.0 Å². The van der Waals surface area contributed by atoms with Gasteiger partial charge in [-0.1, -0.05) is 26.0 Å². The number of halogens is 1. The van der Waals surface area contributed by atoms with Gasteiger partial charge in [-0.2, -0.15) is 0 Å². The molecule has 0 aliphatic heterocycles. The lowest BCUT2D eigenvalue weighted by Crippen LogP contribution is -2.50. The van der Waals surface area contributed by atoms with Crippen molar-refractivity contribution < 1.29 is 14.2 Å². The van der Waals surface area contributed by atoms with Gasteiger partial charge in [-0.3, -0.25) is 0 Å². The van der Waals surface area contributed by atoms with Crippen molar-refractivity contribution in [1.29, 1.82) is 0 Å². The van der Waals surface area contributed by atoms with Crippen LogP contribution < -0.4 is 0 Å². The summed E-state index contributed by atoms with van der Waals surface area (Å²) in [5.41, 5.74) is 0.835. The van der Waals surface area contributed by atoms with Gasteiger partial charge >= 0.3 is 0 Å². The van der Waals surface area contributed by atoms with E-state index in [1.807, 2.05) is 6.92 Å². The predicted molar refractivity (Wildman–Crippen MR) is 82.7 cm³/mol. The molecule has 1 aliphatic carbocycles. The predicted octanol–water partition coefficient (Wildman–Crippen LogP) is 4.10. The third-order valence-electron chi connectivity index (χ3n) is 4.83. The van der Waals surface area contributed by atoms with Crippen LogP contribution in [0, 0.1) is 11.2 Å². The Morgan fingerprint density at radius 3 is 2.24 bits per heavy atom. The maximum atomic E-state index is 13.0. The van der Waals surface area contributed by atoms with Crippen molar-refractivity contribution >= 4 is 0 Å². The molecule has 2 nitrogen and oxygen atoms in total. The van der Waals surface area contributed by atoms with Crippen LogP contribution in [-0.2, 0) is 11.2 Å². The Bertz CT molecular complexity index is 443. The van der Waals surface area contributed by atoms with E-state index in [-0.39, 0.29) is 5.82 Å². The zero-order valence-electron chi connectivity index (χ0n) is 13.4. The third kappa shape index (κ3) is 4.04. The van der Waals surface area contributed by atoms with Crippen LogP contribution in [0.2, 0.25) is 0 Å². The van der Waals surface area contributed by atoms with Crippen molar-refractivity contribution in [1.82, 2.24) is 0 Å². The van der Waals surface area contributed by atoms with E-state index in [9.17, 15) is 9.50 Å². The van der Waals surface area contributed by atoms with Crippen molar-refractivity contribution in [2.24, 2.45) is 5.41 Å². The maximum absolute atomic E-state index is 13.0. The number of aliphatic hydroxyl groups is 1. The highest BCUT2D eigenvalue weighted by Gasteiger charge is 2.44. The summed E-state index contributed by atoms with van der Waals surface area (Å²) in [6, 6.07) is 6.37. The van der Waals surface area contributed by atoms with E-state index in [1.54, 1.807) is 12.1 Å². The Hall–Kier alpha value is -0.930. The Morgan fingerprint density at radius 1 is 1.14 bits per heavy atom. The summed E-state index contributed by atoms with van der Waals surface area (Å²) in [5, 5.41) is 10.7. The molecule has 1 aliphatic rings.